The summed E-state index contributed by atoms with van der Waals surface area (Å²) < 4.78 is 0. The van der Waals surface area contributed by atoms with Gasteiger partial charge in [-0.3, -0.25) is 9.80 Å². The number of carbonyl (C=O) groups is 1. The van der Waals surface area contributed by atoms with Crippen LogP contribution >= 0.6 is 0 Å². The highest BCUT2D eigenvalue weighted by Crippen LogP contribution is 2.29. The van der Waals surface area contributed by atoms with Gasteiger partial charge in [-0.05, 0) is 37.3 Å². The largest absolute Gasteiger partial charge is 0.289 e. The molecule has 0 unspecified atom stereocenters. The molecule has 1 heterocycles. The van der Waals surface area contributed by atoms with Crippen molar-refractivity contribution in [3.63, 3.8) is 0 Å². The van der Waals surface area contributed by atoms with Gasteiger partial charge in [-0.15, -0.1) is 0 Å². The molecule has 3 aromatic rings. The van der Waals surface area contributed by atoms with Gasteiger partial charge in [-0.25, -0.2) is 0 Å². The fourth-order valence-corrected chi connectivity index (χ4v) is 2.85. The Morgan fingerprint density at radius 1 is 1.05 bits per heavy atom. The summed E-state index contributed by atoms with van der Waals surface area (Å²) in [5, 5.41) is 7.57. The molecule has 0 bridgehead atoms. The van der Waals surface area contributed by atoms with Gasteiger partial charge in [0, 0.05) is 18.0 Å². The number of hydrogen-bond donors (Lipinski definition) is 0. The molecule has 0 radical (unpaired) electrons. The first-order valence-corrected chi connectivity index (χ1v) is 7.20. The Kier molecular flexibility index (Phi) is 2.66. The van der Waals surface area contributed by atoms with Gasteiger partial charge in [0.25, 0.3) is 0 Å². The van der Waals surface area contributed by atoms with E-state index in [9.17, 15) is 4.79 Å². The van der Waals surface area contributed by atoms with E-state index in [-0.39, 0.29) is 5.78 Å². The molecule has 4 rings (SSSR count). The highest BCUT2D eigenvalue weighted by Gasteiger charge is 2.21. The first-order valence-electron chi connectivity index (χ1n) is 7.20. The Morgan fingerprint density at radius 3 is 2.59 bits per heavy atom. The zero-order chi connectivity index (χ0) is 15.3. The summed E-state index contributed by atoms with van der Waals surface area (Å²) >= 11 is 0. The second-order valence-corrected chi connectivity index (χ2v) is 5.53. The molecule has 0 aliphatic heterocycles. The van der Waals surface area contributed by atoms with Crippen LogP contribution in [0.3, 0.4) is 0 Å². The molecule has 0 saturated heterocycles. The summed E-state index contributed by atoms with van der Waals surface area (Å²) in [5.41, 5.74) is 4.76. The lowest BCUT2D eigenvalue weighted by atomic mass is 9.99. The molecule has 0 spiro atoms. The van der Waals surface area contributed by atoms with E-state index in [0.717, 1.165) is 27.8 Å². The van der Waals surface area contributed by atoms with Crippen molar-refractivity contribution in [1.82, 2.24) is 9.89 Å². The third kappa shape index (κ3) is 1.77. The summed E-state index contributed by atoms with van der Waals surface area (Å²) in [5.74, 6) is 0.0376. The van der Waals surface area contributed by atoms with E-state index in [0.29, 0.717) is 0 Å². The molecule has 1 aromatic heterocycles. The second kappa shape index (κ2) is 4.56. The zero-order valence-electron chi connectivity index (χ0n) is 12.4. The Bertz CT molecular complexity index is 919. The fraction of sp³-hybridized carbons (Fsp3) is 0.111. The highest BCUT2D eigenvalue weighted by molar-refractivity contribution is 6.19. The summed E-state index contributed by atoms with van der Waals surface area (Å²) in [6, 6.07) is 13.9. The van der Waals surface area contributed by atoms with E-state index in [2.05, 4.69) is 36.3 Å². The number of anilines is 1. The molecule has 0 atom stereocenters. The summed E-state index contributed by atoms with van der Waals surface area (Å²) in [6.07, 6.45) is 3.45. The van der Waals surface area contributed by atoms with Gasteiger partial charge in [0.05, 0.1) is 16.9 Å². The van der Waals surface area contributed by atoms with Crippen molar-refractivity contribution in [2.75, 3.05) is 12.1 Å². The predicted molar refractivity (Wildman–Crippen MR) is 88.1 cm³/mol. The van der Waals surface area contributed by atoms with Crippen molar-refractivity contribution in [1.29, 1.82) is 0 Å². The average molecular weight is 289 g/mol. The first-order chi connectivity index (χ1) is 10.6. The molecule has 22 heavy (non-hydrogen) atoms. The minimum absolute atomic E-state index is 0.0376. The van der Waals surface area contributed by atoms with Gasteiger partial charge in [0.2, 0.25) is 0 Å². The van der Waals surface area contributed by atoms with E-state index in [4.69, 9.17) is 0 Å². The van der Waals surface area contributed by atoms with Crippen LogP contribution in [-0.4, -0.2) is 22.7 Å². The van der Waals surface area contributed by atoms with E-state index in [1.807, 2.05) is 41.1 Å². The summed E-state index contributed by atoms with van der Waals surface area (Å²) in [6.45, 7) is 2.07. The summed E-state index contributed by atoms with van der Waals surface area (Å²) in [7, 11) is 1.97. The van der Waals surface area contributed by atoms with E-state index < -0.39 is 0 Å². The number of ketones is 1. The van der Waals surface area contributed by atoms with Crippen molar-refractivity contribution in [3.05, 3.63) is 65.4 Å². The van der Waals surface area contributed by atoms with Gasteiger partial charge < -0.3 is 0 Å². The smallest absolute Gasteiger partial charge is 0.186 e. The van der Waals surface area contributed by atoms with Gasteiger partial charge >= 0.3 is 0 Å². The standard InChI is InChI=1S/C18H15N3O/c1-12-6-8-13(9-7-12)20(2)21-16-10-11-17(22)14-4-3-5-15(19-21)18(14)16/h3-11H,1-2H3. The Labute approximate surface area is 128 Å². The normalized spacial score (nSPS) is 12.9. The Morgan fingerprint density at radius 2 is 1.82 bits per heavy atom. The van der Waals surface area contributed by atoms with Crippen molar-refractivity contribution in [2.24, 2.45) is 0 Å². The molecule has 0 amide bonds. The van der Waals surface area contributed by atoms with E-state index >= 15 is 0 Å². The maximum Gasteiger partial charge on any atom is 0.186 e. The number of aryl methyl sites for hydroxylation is 1. The number of hydrogen-bond acceptors (Lipinski definition) is 3. The quantitative estimate of drug-likeness (QED) is 0.725. The lowest BCUT2D eigenvalue weighted by Gasteiger charge is -2.21. The molecule has 108 valence electrons. The van der Waals surface area contributed by atoms with Crippen LogP contribution < -0.4 is 5.01 Å². The van der Waals surface area contributed by atoms with Crippen LogP contribution in [0.1, 0.15) is 21.6 Å². The second-order valence-electron chi connectivity index (χ2n) is 5.53. The van der Waals surface area contributed by atoms with Crippen LogP contribution in [0.2, 0.25) is 0 Å². The monoisotopic (exact) mass is 289 g/mol. The van der Waals surface area contributed by atoms with Crippen LogP contribution in [0.4, 0.5) is 5.69 Å². The van der Waals surface area contributed by atoms with Gasteiger partial charge in [0.15, 0.2) is 5.78 Å². The molecule has 0 N–H and O–H groups in total. The lowest BCUT2D eigenvalue weighted by molar-refractivity contribution is 0.104. The Balaban J connectivity index is 1.92. The molecule has 1 aliphatic carbocycles. The maximum atomic E-state index is 12.0. The SMILES string of the molecule is Cc1ccc(N(C)n2nc3cccc4c3c2C=CC4=O)cc1. The third-order valence-electron chi connectivity index (χ3n) is 4.07. The topological polar surface area (TPSA) is 38.1 Å². The van der Waals surface area contributed by atoms with E-state index in [1.54, 1.807) is 6.08 Å². The van der Waals surface area contributed by atoms with Crippen molar-refractivity contribution < 1.29 is 4.79 Å². The number of aromatic nitrogens is 2. The number of benzene rings is 2. The molecule has 2 aromatic carbocycles. The zero-order valence-corrected chi connectivity index (χ0v) is 12.4. The number of carbonyl (C=O) groups excluding carboxylic acids is 1. The minimum Gasteiger partial charge on any atom is -0.289 e. The fourth-order valence-electron chi connectivity index (χ4n) is 2.85. The van der Waals surface area contributed by atoms with Crippen LogP contribution in [0, 0.1) is 6.92 Å². The molecular weight excluding hydrogens is 274 g/mol. The predicted octanol–water partition coefficient (Wildman–Crippen LogP) is 3.45. The van der Waals surface area contributed by atoms with E-state index in [1.165, 1.54) is 5.56 Å². The first kappa shape index (κ1) is 12.8. The molecule has 4 nitrogen and oxygen atoms in total. The summed E-state index contributed by atoms with van der Waals surface area (Å²) in [4.78, 5) is 13.9. The Hall–Kier alpha value is -2.88. The van der Waals surface area contributed by atoms with Crippen molar-refractivity contribution in [3.8, 4) is 0 Å². The van der Waals surface area contributed by atoms with Gasteiger partial charge in [0.1, 0.15) is 0 Å². The maximum absolute atomic E-state index is 12.0. The third-order valence-corrected chi connectivity index (χ3v) is 4.07. The number of allylic oxidation sites excluding steroid dienone is 1. The van der Waals surface area contributed by atoms with Crippen LogP contribution in [0.25, 0.3) is 17.0 Å². The highest BCUT2D eigenvalue weighted by atomic mass is 16.1. The number of nitrogens with zero attached hydrogens (tertiary/aromatic N) is 3. The minimum atomic E-state index is 0.0376. The van der Waals surface area contributed by atoms with Gasteiger partial charge in [-0.2, -0.15) is 9.89 Å². The van der Waals surface area contributed by atoms with Crippen LogP contribution in [0.15, 0.2) is 48.5 Å². The molecule has 4 heteroatoms. The molecule has 0 saturated carbocycles. The molecular formula is C18H15N3O. The van der Waals surface area contributed by atoms with Crippen LogP contribution in [0.5, 0.6) is 0 Å². The van der Waals surface area contributed by atoms with Crippen molar-refractivity contribution in [2.45, 2.75) is 6.92 Å². The average Bonchev–Trinajstić information content (AvgIpc) is 2.91. The van der Waals surface area contributed by atoms with Gasteiger partial charge in [-0.1, -0.05) is 29.8 Å². The molecule has 0 fully saturated rings. The van der Waals surface area contributed by atoms with Crippen LogP contribution in [-0.2, 0) is 0 Å². The van der Waals surface area contributed by atoms with Crippen molar-refractivity contribution >= 4 is 28.4 Å². The molecule has 1 aliphatic rings. The lowest BCUT2D eigenvalue weighted by Crippen LogP contribution is -2.27. The number of rotatable bonds is 2.